The zero-order valence-corrected chi connectivity index (χ0v) is 17.9. The van der Waals surface area contributed by atoms with Gasteiger partial charge in [0.05, 0.1) is 21.8 Å². The van der Waals surface area contributed by atoms with Gasteiger partial charge in [0.2, 0.25) is 0 Å². The van der Waals surface area contributed by atoms with Crippen LogP contribution >= 0.6 is 11.6 Å². The van der Waals surface area contributed by atoms with Crippen molar-refractivity contribution in [2.45, 2.75) is 27.3 Å². The predicted octanol–water partition coefficient (Wildman–Crippen LogP) is 3.62. The van der Waals surface area contributed by atoms with Crippen LogP contribution in [-0.2, 0) is 11.3 Å². The van der Waals surface area contributed by atoms with Crippen LogP contribution in [0.15, 0.2) is 35.5 Å². The van der Waals surface area contributed by atoms with Crippen LogP contribution in [0.2, 0.25) is 5.02 Å². The zero-order chi connectivity index (χ0) is 20.8. The van der Waals surface area contributed by atoms with E-state index in [2.05, 4.69) is 39.5 Å². The van der Waals surface area contributed by atoms with Gasteiger partial charge in [0.1, 0.15) is 0 Å². The van der Waals surface area contributed by atoms with Gasteiger partial charge in [-0.3, -0.25) is 9.69 Å². The number of benzene rings is 1. The van der Waals surface area contributed by atoms with Crippen molar-refractivity contribution in [3.8, 4) is 0 Å². The molecule has 0 bridgehead atoms. The molecule has 2 aliphatic heterocycles. The summed E-state index contributed by atoms with van der Waals surface area (Å²) < 4.78 is 2.17. The van der Waals surface area contributed by atoms with Crippen LogP contribution in [0.3, 0.4) is 0 Å². The third-order valence-corrected chi connectivity index (χ3v) is 5.97. The van der Waals surface area contributed by atoms with Crippen molar-refractivity contribution in [1.29, 1.82) is 0 Å². The number of aryl methyl sites for hydroxylation is 1. The maximum absolute atomic E-state index is 11.5. The molecule has 0 spiro atoms. The van der Waals surface area contributed by atoms with Crippen LogP contribution in [0, 0.1) is 12.3 Å². The van der Waals surface area contributed by atoms with Crippen molar-refractivity contribution in [2.75, 3.05) is 32.7 Å². The highest BCUT2D eigenvalue weighted by molar-refractivity contribution is 6.31. The number of rotatable bonds is 3. The Morgan fingerprint density at radius 1 is 1.21 bits per heavy atom. The lowest BCUT2D eigenvalue weighted by atomic mass is 9.93. The molecule has 3 heterocycles. The Labute approximate surface area is 176 Å². The summed E-state index contributed by atoms with van der Waals surface area (Å²) >= 11 is 6.33. The van der Waals surface area contributed by atoms with E-state index in [1.165, 1.54) is 11.1 Å². The number of hydrogen-bond acceptors (Lipinski definition) is 4. The maximum atomic E-state index is 11.5. The number of carboxylic acid groups (broad SMARTS) is 1. The molecule has 4 rings (SSSR count). The molecule has 0 unspecified atom stereocenters. The molecule has 1 N–H and O–H groups in total. The zero-order valence-electron chi connectivity index (χ0n) is 17.2. The fraction of sp³-hybridized carbons (Fsp3) is 0.455. The Balaban J connectivity index is 1.59. The van der Waals surface area contributed by atoms with Crippen molar-refractivity contribution in [2.24, 2.45) is 10.4 Å². The Bertz CT molecular complexity index is 971. The number of carbonyl (C=O) groups is 1. The standard InChI is InChI=1S/C22H27ClN4O2/c1-15-4-5-18-16(10-15)12-27-13-17(23)11-19(27)20(24-18)26-8-6-25(7-9-26)14-22(2,3)21(28)29/h4-5,10-11,13H,6-9,12,14H2,1-3H3,(H,28,29). The number of nitrogens with zero attached hydrogens (tertiary/aromatic N) is 4. The van der Waals surface area contributed by atoms with Crippen LogP contribution in [-0.4, -0.2) is 64.0 Å². The molecular formula is C22H27ClN4O2. The van der Waals surface area contributed by atoms with E-state index in [0.29, 0.717) is 11.6 Å². The Morgan fingerprint density at radius 2 is 1.93 bits per heavy atom. The second-order valence-corrected chi connectivity index (χ2v) is 9.13. The molecule has 2 aromatic rings. The predicted molar refractivity (Wildman–Crippen MR) is 115 cm³/mol. The first-order valence-electron chi connectivity index (χ1n) is 9.98. The molecule has 2 aliphatic rings. The van der Waals surface area contributed by atoms with Gasteiger partial charge in [0.25, 0.3) is 0 Å². The van der Waals surface area contributed by atoms with Gasteiger partial charge < -0.3 is 14.6 Å². The van der Waals surface area contributed by atoms with Gasteiger partial charge in [-0.05, 0) is 38.5 Å². The molecule has 1 saturated heterocycles. The molecular weight excluding hydrogens is 388 g/mol. The first-order valence-corrected chi connectivity index (χ1v) is 10.4. The summed E-state index contributed by atoms with van der Waals surface area (Å²) in [5.41, 5.74) is 3.69. The van der Waals surface area contributed by atoms with Crippen LogP contribution in [0.4, 0.5) is 5.69 Å². The van der Waals surface area contributed by atoms with E-state index in [0.717, 1.165) is 49.9 Å². The number of fused-ring (bicyclic) bond motifs is 2. The topological polar surface area (TPSA) is 61.1 Å². The fourth-order valence-electron chi connectivity index (χ4n) is 4.08. The van der Waals surface area contributed by atoms with E-state index < -0.39 is 11.4 Å². The number of carboxylic acids is 1. The minimum atomic E-state index is -0.757. The summed E-state index contributed by atoms with van der Waals surface area (Å²) in [5, 5.41) is 10.1. The summed E-state index contributed by atoms with van der Waals surface area (Å²) in [6.45, 7) is 10.2. The van der Waals surface area contributed by atoms with Crippen LogP contribution in [0.1, 0.15) is 30.7 Å². The minimum Gasteiger partial charge on any atom is -0.481 e. The lowest BCUT2D eigenvalue weighted by molar-refractivity contribution is -0.148. The normalized spacial score (nSPS) is 17.4. The van der Waals surface area contributed by atoms with E-state index in [1.54, 1.807) is 13.8 Å². The Morgan fingerprint density at radius 3 is 2.62 bits per heavy atom. The molecule has 6 nitrogen and oxygen atoms in total. The van der Waals surface area contributed by atoms with Crippen LogP contribution in [0.25, 0.3) is 0 Å². The molecule has 0 atom stereocenters. The van der Waals surface area contributed by atoms with Crippen LogP contribution in [0.5, 0.6) is 0 Å². The van der Waals surface area contributed by atoms with E-state index in [1.807, 2.05) is 12.3 Å². The molecule has 1 aromatic carbocycles. The molecule has 29 heavy (non-hydrogen) atoms. The van der Waals surface area contributed by atoms with Crippen molar-refractivity contribution >= 4 is 29.1 Å². The third kappa shape index (κ3) is 4.05. The fourth-order valence-corrected chi connectivity index (χ4v) is 4.30. The molecule has 7 heteroatoms. The van der Waals surface area contributed by atoms with E-state index in [4.69, 9.17) is 16.6 Å². The molecule has 1 fully saturated rings. The van der Waals surface area contributed by atoms with Gasteiger partial charge in [0, 0.05) is 45.5 Å². The van der Waals surface area contributed by atoms with Crippen molar-refractivity contribution in [3.63, 3.8) is 0 Å². The van der Waals surface area contributed by atoms with Gasteiger partial charge in [-0.15, -0.1) is 0 Å². The first kappa shape index (κ1) is 20.0. The number of aliphatic imine (C=N–C) groups is 1. The molecule has 154 valence electrons. The van der Waals surface area contributed by atoms with Gasteiger partial charge in [-0.1, -0.05) is 29.3 Å². The lowest BCUT2D eigenvalue weighted by Crippen LogP contribution is -2.52. The highest BCUT2D eigenvalue weighted by atomic mass is 35.5. The van der Waals surface area contributed by atoms with Gasteiger partial charge in [-0.2, -0.15) is 0 Å². The van der Waals surface area contributed by atoms with Crippen molar-refractivity contribution < 1.29 is 9.90 Å². The Kier molecular flexibility index (Phi) is 5.17. The third-order valence-electron chi connectivity index (χ3n) is 5.76. The smallest absolute Gasteiger partial charge is 0.310 e. The summed E-state index contributed by atoms with van der Waals surface area (Å²) in [4.78, 5) is 21.0. The van der Waals surface area contributed by atoms with Crippen LogP contribution < -0.4 is 0 Å². The number of hydrogen-bond donors (Lipinski definition) is 1. The highest BCUT2D eigenvalue weighted by Gasteiger charge is 2.32. The number of aliphatic carboxylic acids is 1. The van der Waals surface area contributed by atoms with E-state index >= 15 is 0 Å². The van der Waals surface area contributed by atoms with E-state index in [-0.39, 0.29) is 0 Å². The SMILES string of the molecule is Cc1ccc2c(c1)Cn1cc(Cl)cc1C(N1CCN(CC(C)(C)C(=O)O)CC1)=N2. The minimum absolute atomic E-state index is 0.549. The monoisotopic (exact) mass is 414 g/mol. The summed E-state index contributed by atoms with van der Waals surface area (Å²) in [6.07, 6.45) is 1.97. The summed E-state index contributed by atoms with van der Waals surface area (Å²) in [5.74, 6) is 0.184. The van der Waals surface area contributed by atoms with Crippen molar-refractivity contribution in [1.82, 2.24) is 14.4 Å². The molecule has 0 radical (unpaired) electrons. The van der Waals surface area contributed by atoms with E-state index in [9.17, 15) is 9.90 Å². The summed E-state index contributed by atoms with van der Waals surface area (Å²) in [6, 6.07) is 8.36. The van der Waals surface area contributed by atoms with Gasteiger partial charge in [0.15, 0.2) is 5.84 Å². The molecule has 0 aliphatic carbocycles. The maximum Gasteiger partial charge on any atom is 0.310 e. The quantitative estimate of drug-likeness (QED) is 0.833. The number of halogens is 1. The number of amidine groups is 1. The van der Waals surface area contributed by atoms with Gasteiger partial charge in [-0.25, -0.2) is 4.99 Å². The van der Waals surface area contributed by atoms with Crippen molar-refractivity contribution in [3.05, 3.63) is 52.3 Å². The highest BCUT2D eigenvalue weighted by Crippen LogP contribution is 2.30. The lowest BCUT2D eigenvalue weighted by Gasteiger charge is -2.38. The summed E-state index contributed by atoms with van der Waals surface area (Å²) in [7, 11) is 0. The van der Waals surface area contributed by atoms with Gasteiger partial charge >= 0.3 is 5.97 Å². The second kappa shape index (κ2) is 7.50. The molecule has 0 amide bonds. The average Bonchev–Trinajstić information content (AvgIpc) is 2.94. The molecule has 0 saturated carbocycles. The molecule has 1 aromatic heterocycles. The number of aromatic nitrogens is 1. The Hall–Kier alpha value is -2.31. The first-order chi connectivity index (χ1) is 13.7. The number of piperazine rings is 1. The largest absolute Gasteiger partial charge is 0.481 e. The second-order valence-electron chi connectivity index (χ2n) is 8.69. The average molecular weight is 415 g/mol.